The van der Waals surface area contributed by atoms with E-state index in [0.29, 0.717) is 11.3 Å². The van der Waals surface area contributed by atoms with Crippen LogP contribution in [0.15, 0.2) is 83.8 Å². The van der Waals surface area contributed by atoms with Gasteiger partial charge in [-0.05, 0) is 55.0 Å². The number of carbonyl (C=O) groups excluding carboxylic acids is 1. The third-order valence-electron chi connectivity index (χ3n) is 4.55. The van der Waals surface area contributed by atoms with Crippen molar-refractivity contribution in [3.63, 3.8) is 0 Å². The van der Waals surface area contributed by atoms with Crippen molar-refractivity contribution >= 4 is 27.3 Å². The van der Waals surface area contributed by atoms with E-state index in [2.05, 4.69) is 0 Å². The third kappa shape index (κ3) is 3.92. The van der Waals surface area contributed by atoms with E-state index in [1.165, 1.54) is 28.4 Å². The second-order valence-corrected chi connectivity index (χ2v) is 8.51. The van der Waals surface area contributed by atoms with E-state index in [1.807, 2.05) is 37.3 Å². The smallest absolute Gasteiger partial charge is 0.264 e. The van der Waals surface area contributed by atoms with E-state index in [-0.39, 0.29) is 10.8 Å². The van der Waals surface area contributed by atoms with E-state index in [9.17, 15) is 13.2 Å². The molecule has 0 aliphatic heterocycles. The van der Waals surface area contributed by atoms with Crippen LogP contribution in [0.2, 0.25) is 0 Å². The van der Waals surface area contributed by atoms with Crippen molar-refractivity contribution in [2.24, 2.45) is 0 Å². The second kappa shape index (κ2) is 7.86. The lowest BCUT2D eigenvalue weighted by Crippen LogP contribution is -2.28. The van der Waals surface area contributed by atoms with E-state index < -0.39 is 10.0 Å². The lowest BCUT2D eigenvalue weighted by molar-refractivity contribution is 0.0993. The van der Waals surface area contributed by atoms with Gasteiger partial charge in [-0.3, -0.25) is 9.10 Å². The number of aryl methyl sites for hydroxylation is 1. The molecule has 0 saturated heterocycles. The number of carbonyl (C=O) groups is 1. The molecule has 3 aromatic rings. The molecular weight excluding hydrogens is 372 g/mol. The maximum Gasteiger partial charge on any atom is 0.264 e. The Labute approximate surface area is 165 Å². The van der Waals surface area contributed by atoms with Gasteiger partial charge < -0.3 is 4.90 Å². The number of hydrogen-bond acceptors (Lipinski definition) is 3. The monoisotopic (exact) mass is 394 g/mol. The number of sulfonamides is 1. The van der Waals surface area contributed by atoms with Gasteiger partial charge >= 0.3 is 0 Å². The number of nitrogens with zero attached hydrogens (tertiary/aromatic N) is 2. The van der Waals surface area contributed by atoms with Crippen molar-refractivity contribution in [3.8, 4) is 0 Å². The van der Waals surface area contributed by atoms with E-state index in [0.717, 1.165) is 11.3 Å². The summed E-state index contributed by atoms with van der Waals surface area (Å²) in [5, 5.41) is 0. The van der Waals surface area contributed by atoms with Crippen LogP contribution in [0.25, 0.3) is 0 Å². The number of benzene rings is 3. The van der Waals surface area contributed by atoms with Crippen molar-refractivity contribution in [1.82, 2.24) is 0 Å². The molecule has 3 rings (SSSR count). The Kier molecular flexibility index (Phi) is 5.51. The van der Waals surface area contributed by atoms with E-state index in [1.54, 1.807) is 43.4 Å². The number of para-hydroxylation sites is 1. The molecule has 144 valence electrons. The molecule has 0 aliphatic rings. The first kappa shape index (κ1) is 19.6. The summed E-state index contributed by atoms with van der Waals surface area (Å²) in [5.74, 6) is -0.273. The van der Waals surface area contributed by atoms with Crippen molar-refractivity contribution in [1.29, 1.82) is 0 Å². The summed E-state index contributed by atoms with van der Waals surface area (Å²) in [7, 11) is -0.609. The van der Waals surface area contributed by atoms with Gasteiger partial charge in [0, 0.05) is 25.3 Å². The topological polar surface area (TPSA) is 57.7 Å². The molecule has 0 aliphatic carbocycles. The summed E-state index contributed by atoms with van der Waals surface area (Å²) in [4.78, 5) is 14.5. The van der Waals surface area contributed by atoms with Crippen LogP contribution in [0.5, 0.6) is 0 Å². The highest BCUT2D eigenvalue weighted by Gasteiger charge is 2.23. The Morgan fingerprint density at radius 1 is 0.786 bits per heavy atom. The third-order valence-corrected chi connectivity index (χ3v) is 6.33. The molecule has 5 nitrogen and oxygen atoms in total. The van der Waals surface area contributed by atoms with Gasteiger partial charge in [-0.1, -0.05) is 36.4 Å². The van der Waals surface area contributed by atoms with Gasteiger partial charge in [0.15, 0.2) is 0 Å². The fourth-order valence-electron chi connectivity index (χ4n) is 2.87. The Morgan fingerprint density at radius 3 is 2.11 bits per heavy atom. The molecule has 0 radical (unpaired) electrons. The molecule has 0 bridgehead atoms. The van der Waals surface area contributed by atoms with Crippen LogP contribution in [0.1, 0.15) is 15.9 Å². The lowest BCUT2D eigenvalue weighted by Gasteiger charge is -2.21. The zero-order chi connectivity index (χ0) is 20.3. The first-order valence-electron chi connectivity index (χ1n) is 8.79. The molecule has 0 spiro atoms. The number of hydrogen-bond donors (Lipinski definition) is 0. The van der Waals surface area contributed by atoms with Gasteiger partial charge in [-0.2, -0.15) is 0 Å². The van der Waals surface area contributed by atoms with Crippen LogP contribution >= 0.6 is 0 Å². The van der Waals surface area contributed by atoms with Crippen LogP contribution in [-0.2, 0) is 10.0 Å². The first-order chi connectivity index (χ1) is 13.3. The number of rotatable bonds is 5. The molecule has 0 unspecified atom stereocenters. The summed E-state index contributed by atoms with van der Waals surface area (Å²) in [5.41, 5.74) is 2.65. The molecule has 0 heterocycles. The maximum absolute atomic E-state index is 13.0. The van der Waals surface area contributed by atoms with Gasteiger partial charge in [0.05, 0.1) is 10.6 Å². The molecule has 3 aromatic carbocycles. The summed E-state index contributed by atoms with van der Waals surface area (Å²) >= 11 is 0. The molecule has 28 heavy (non-hydrogen) atoms. The summed E-state index contributed by atoms with van der Waals surface area (Å²) in [6.07, 6.45) is 0. The average molecular weight is 394 g/mol. The summed E-state index contributed by atoms with van der Waals surface area (Å²) in [6.45, 7) is 1.95. The molecular formula is C22H22N2O3S. The Bertz CT molecular complexity index is 1100. The minimum absolute atomic E-state index is 0.0716. The maximum atomic E-state index is 13.0. The van der Waals surface area contributed by atoms with Gasteiger partial charge in [-0.15, -0.1) is 0 Å². The molecule has 0 N–H and O–H groups in total. The lowest BCUT2D eigenvalue weighted by atomic mass is 10.1. The van der Waals surface area contributed by atoms with Crippen molar-refractivity contribution < 1.29 is 13.2 Å². The zero-order valence-corrected chi connectivity index (χ0v) is 16.8. The summed E-state index contributed by atoms with van der Waals surface area (Å²) < 4.78 is 27.2. The zero-order valence-electron chi connectivity index (χ0n) is 16.0. The van der Waals surface area contributed by atoms with Crippen LogP contribution in [0.3, 0.4) is 0 Å². The normalized spacial score (nSPS) is 11.1. The van der Waals surface area contributed by atoms with Crippen LogP contribution < -0.4 is 9.21 Å². The van der Waals surface area contributed by atoms with Gasteiger partial charge in [0.25, 0.3) is 15.9 Å². The van der Waals surface area contributed by atoms with E-state index in [4.69, 9.17) is 0 Å². The molecule has 0 aromatic heterocycles. The average Bonchev–Trinajstić information content (AvgIpc) is 2.72. The van der Waals surface area contributed by atoms with Crippen LogP contribution in [0, 0.1) is 6.92 Å². The molecule has 1 amide bonds. The number of amides is 1. The molecule has 0 fully saturated rings. The largest absolute Gasteiger partial charge is 0.311 e. The Hall–Kier alpha value is -3.12. The highest BCUT2D eigenvalue weighted by Crippen LogP contribution is 2.23. The highest BCUT2D eigenvalue weighted by molar-refractivity contribution is 7.92. The predicted octanol–water partition coefficient (Wildman–Crippen LogP) is 4.10. The molecule has 6 heteroatoms. The van der Waals surface area contributed by atoms with E-state index >= 15 is 0 Å². The second-order valence-electron chi connectivity index (χ2n) is 6.54. The van der Waals surface area contributed by atoms with Crippen molar-refractivity contribution in [2.75, 3.05) is 23.3 Å². The predicted molar refractivity (Wildman–Crippen MR) is 112 cm³/mol. The van der Waals surface area contributed by atoms with Gasteiger partial charge in [0.2, 0.25) is 0 Å². The standard InChI is InChI=1S/C22H22N2O3S/c1-17-9-7-13-20(15-17)23(2)22(25)18-10-8-14-21(16-18)28(26,27)24(3)19-11-5-4-6-12-19/h4-16H,1-3H3. The Morgan fingerprint density at radius 2 is 1.43 bits per heavy atom. The quantitative estimate of drug-likeness (QED) is 0.655. The SMILES string of the molecule is Cc1cccc(N(C)C(=O)c2cccc(S(=O)(=O)N(C)c3ccccc3)c2)c1. The summed E-state index contributed by atoms with van der Waals surface area (Å²) in [6, 6.07) is 22.5. The number of anilines is 2. The fourth-order valence-corrected chi connectivity index (χ4v) is 4.11. The highest BCUT2D eigenvalue weighted by atomic mass is 32.2. The minimum atomic E-state index is -3.78. The van der Waals surface area contributed by atoms with Crippen LogP contribution in [-0.4, -0.2) is 28.4 Å². The van der Waals surface area contributed by atoms with Gasteiger partial charge in [0.1, 0.15) is 0 Å². The fraction of sp³-hybridized carbons (Fsp3) is 0.136. The minimum Gasteiger partial charge on any atom is -0.311 e. The molecule has 0 atom stereocenters. The first-order valence-corrected chi connectivity index (χ1v) is 10.2. The van der Waals surface area contributed by atoms with Crippen molar-refractivity contribution in [2.45, 2.75) is 11.8 Å². The molecule has 0 saturated carbocycles. The van der Waals surface area contributed by atoms with Crippen LogP contribution in [0.4, 0.5) is 11.4 Å². The van der Waals surface area contributed by atoms with Crippen molar-refractivity contribution in [3.05, 3.63) is 90.0 Å². The Balaban J connectivity index is 1.92. The van der Waals surface area contributed by atoms with Gasteiger partial charge in [-0.25, -0.2) is 8.42 Å².